The van der Waals surface area contributed by atoms with Crippen LogP contribution in [0.3, 0.4) is 0 Å². The van der Waals surface area contributed by atoms with Crippen LogP contribution in [-0.4, -0.2) is 21.2 Å². The number of carbonyl (C=O) groups is 2. The van der Waals surface area contributed by atoms with Crippen molar-refractivity contribution in [2.24, 2.45) is 0 Å². The second-order valence-electron chi connectivity index (χ2n) is 6.28. The number of halogens is 1. The maximum Gasteiger partial charge on any atom is 0.261 e. The molecule has 1 aliphatic heterocycles. The van der Waals surface area contributed by atoms with Gasteiger partial charge in [-0.05, 0) is 48.9 Å². The van der Waals surface area contributed by atoms with Gasteiger partial charge in [-0.3, -0.25) is 19.0 Å². The number of carbonyl (C=O) groups excluding carboxylic acids is 2. The van der Waals surface area contributed by atoms with E-state index in [2.05, 4.69) is 26.2 Å². The van der Waals surface area contributed by atoms with Gasteiger partial charge < -0.3 is 5.32 Å². The molecule has 1 atom stereocenters. The molecule has 7 heteroatoms. The number of amides is 1. The molecule has 0 aliphatic carbocycles. The van der Waals surface area contributed by atoms with Crippen molar-refractivity contribution >= 4 is 44.2 Å². The molecule has 1 aliphatic rings. The largest absolute Gasteiger partial charge is 0.325 e. The van der Waals surface area contributed by atoms with Crippen molar-refractivity contribution in [1.82, 2.24) is 9.55 Å². The number of aromatic nitrogens is 2. The number of benzene rings is 2. The van der Waals surface area contributed by atoms with Crippen molar-refractivity contribution in [3.05, 3.63) is 68.7 Å². The van der Waals surface area contributed by atoms with Crippen molar-refractivity contribution in [3.63, 3.8) is 0 Å². The summed E-state index contributed by atoms with van der Waals surface area (Å²) in [5.74, 6) is -0.581. The quantitative estimate of drug-likeness (QED) is 0.671. The highest BCUT2D eigenvalue weighted by atomic mass is 79.9. The molecule has 0 fully saturated rings. The lowest BCUT2D eigenvalue weighted by Crippen LogP contribution is -2.24. The second-order valence-corrected chi connectivity index (χ2v) is 7.19. The van der Waals surface area contributed by atoms with Crippen LogP contribution >= 0.6 is 15.9 Å². The summed E-state index contributed by atoms with van der Waals surface area (Å²) in [6.45, 7) is 1.69. The first-order valence-corrected chi connectivity index (χ1v) is 8.86. The number of rotatable bonds is 3. The van der Waals surface area contributed by atoms with Crippen molar-refractivity contribution in [3.8, 4) is 0 Å². The van der Waals surface area contributed by atoms with E-state index in [9.17, 15) is 14.4 Å². The van der Waals surface area contributed by atoms with Crippen LogP contribution < -0.4 is 10.9 Å². The number of fused-ring (bicyclic) bond motifs is 2. The van der Waals surface area contributed by atoms with Gasteiger partial charge in [0.25, 0.3) is 5.56 Å². The number of hydrogen-bond donors (Lipinski definition) is 1. The van der Waals surface area contributed by atoms with Crippen molar-refractivity contribution in [1.29, 1.82) is 0 Å². The Hall–Kier alpha value is -2.80. The maximum atomic E-state index is 12.7. The molecule has 2 heterocycles. The van der Waals surface area contributed by atoms with Gasteiger partial charge >= 0.3 is 0 Å². The van der Waals surface area contributed by atoms with Gasteiger partial charge in [0, 0.05) is 15.7 Å². The van der Waals surface area contributed by atoms with Crippen LogP contribution in [-0.2, 0) is 11.3 Å². The zero-order valence-electron chi connectivity index (χ0n) is 13.8. The molecule has 4 rings (SSSR count). The Bertz CT molecular complexity index is 1140. The fourth-order valence-corrected chi connectivity index (χ4v) is 3.44. The summed E-state index contributed by atoms with van der Waals surface area (Å²) in [6, 6.07) is 10.4. The predicted molar refractivity (Wildman–Crippen MR) is 102 cm³/mol. The van der Waals surface area contributed by atoms with Crippen LogP contribution in [0.5, 0.6) is 0 Å². The molecule has 0 unspecified atom stereocenters. The van der Waals surface area contributed by atoms with E-state index in [1.165, 1.54) is 10.9 Å². The molecule has 0 saturated heterocycles. The minimum absolute atomic E-state index is 0.0786. The van der Waals surface area contributed by atoms with Crippen molar-refractivity contribution in [2.75, 3.05) is 5.32 Å². The standard InChI is InChI=1S/C19H14BrN3O3/c1-10-13-6-11(2-4-16(13)22-18(10)25)17(24)8-23-9-21-15-5-3-12(20)7-14(15)19(23)26/h2-7,9-10H,8H2,1H3,(H,22,25)/t10-/m0/s1. The minimum Gasteiger partial charge on any atom is -0.325 e. The fraction of sp³-hybridized carbons (Fsp3) is 0.158. The summed E-state index contributed by atoms with van der Waals surface area (Å²) >= 11 is 3.34. The zero-order valence-corrected chi connectivity index (χ0v) is 15.4. The summed E-state index contributed by atoms with van der Waals surface area (Å²) in [5.41, 5.74) is 2.31. The van der Waals surface area contributed by atoms with Gasteiger partial charge in [0.05, 0.1) is 29.7 Å². The molecule has 1 N–H and O–H groups in total. The molecule has 3 aromatic rings. The zero-order chi connectivity index (χ0) is 18.4. The third-order valence-corrected chi connectivity index (χ3v) is 5.08. The Morgan fingerprint density at radius 2 is 2.04 bits per heavy atom. The average Bonchev–Trinajstić information content (AvgIpc) is 2.91. The Balaban J connectivity index is 1.67. The highest BCUT2D eigenvalue weighted by Gasteiger charge is 2.27. The van der Waals surface area contributed by atoms with Gasteiger partial charge in [-0.15, -0.1) is 0 Å². The second kappa shape index (κ2) is 6.17. The van der Waals surface area contributed by atoms with E-state index >= 15 is 0 Å². The van der Waals surface area contributed by atoms with E-state index in [-0.39, 0.29) is 29.7 Å². The number of Topliss-reactive ketones (excluding diaryl/α,β-unsaturated/α-hetero) is 1. The van der Waals surface area contributed by atoms with E-state index in [4.69, 9.17) is 0 Å². The number of nitrogens with zero attached hydrogens (tertiary/aromatic N) is 2. The van der Waals surface area contributed by atoms with Gasteiger partial charge in [-0.25, -0.2) is 4.98 Å². The normalized spacial score (nSPS) is 15.8. The lowest BCUT2D eigenvalue weighted by atomic mass is 9.99. The summed E-state index contributed by atoms with van der Waals surface area (Å²) in [6.07, 6.45) is 1.39. The van der Waals surface area contributed by atoms with E-state index in [0.29, 0.717) is 16.5 Å². The fourth-order valence-electron chi connectivity index (χ4n) is 3.08. The highest BCUT2D eigenvalue weighted by molar-refractivity contribution is 9.10. The third kappa shape index (κ3) is 2.74. The Kier molecular flexibility index (Phi) is 3.96. The number of anilines is 1. The van der Waals surface area contributed by atoms with E-state index in [0.717, 1.165) is 15.7 Å². The molecule has 2 aromatic carbocycles. The van der Waals surface area contributed by atoms with Crippen LogP contribution in [0.2, 0.25) is 0 Å². The van der Waals surface area contributed by atoms with Crippen LogP contribution in [0.4, 0.5) is 5.69 Å². The van der Waals surface area contributed by atoms with Crippen LogP contribution in [0.25, 0.3) is 10.9 Å². The molecule has 1 aromatic heterocycles. The Morgan fingerprint density at radius 1 is 1.23 bits per heavy atom. The van der Waals surface area contributed by atoms with Crippen molar-refractivity contribution in [2.45, 2.75) is 19.4 Å². The van der Waals surface area contributed by atoms with E-state index in [1.807, 2.05) is 6.07 Å². The first-order valence-electron chi connectivity index (χ1n) is 8.07. The van der Waals surface area contributed by atoms with Gasteiger partial charge in [0.15, 0.2) is 5.78 Å². The summed E-state index contributed by atoms with van der Waals surface area (Å²) < 4.78 is 2.08. The number of nitrogens with one attached hydrogen (secondary N) is 1. The first-order chi connectivity index (χ1) is 12.4. The lowest BCUT2D eigenvalue weighted by Gasteiger charge is -2.08. The monoisotopic (exact) mass is 411 g/mol. The molecule has 0 bridgehead atoms. The molecular weight excluding hydrogens is 398 g/mol. The maximum absolute atomic E-state index is 12.7. The number of ketones is 1. The predicted octanol–water partition coefficient (Wildman–Crippen LogP) is 3.10. The van der Waals surface area contributed by atoms with Gasteiger partial charge in [0.2, 0.25) is 5.91 Å². The third-order valence-electron chi connectivity index (χ3n) is 4.59. The van der Waals surface area contributed by atoms with Gasteiger partial charge in [-0.2, -0.15) is 0 Å². The molecule has 130 valence electrons. The van der Waals surface area contributed by atoms with Crippen molar-refractivity contribution < 1.29 is 9.59 Å². The lowest BCUT2D eigenvalue weighted by molar-refractivity contribution is -0.116. The average molecular weight is 412 g/mol. The molecule has 1 amide bonds. The molecule has 0 spiro atoms. The summed E-state index contributed by atoms with van der Waals surface area (Å²) in [4.78, 5) is 41.3. The molecular formula is C19H14BrN3O3. The highest BCUT2D eigenvalue weighted by Crippen LogP contribution is 2.32. The Morgan fingerprint density at radius 3 is 2.85 bits per heavy atom. The summed E-state index contributed by atoms with van der Waals surface area (Å²) in [5, 5.41) is 3.23. The minimum atomic E-state index is -0.292. The van der Waals surface area contributed by atoms with Crippen LogP contribution in [0, 0.1) is 0 Å². The Labute approximate surface area is 157 Å². The topological polar surface area (TPSA) is 81.1 Å². The molecule has 6 nitrogen and oxygen atoms in total. The van der Waals surface area contributed by atoms with Gasteiger partial charge in [0.1, 0.15) is 0 Å². The van der Waals surface area contributed by atoms with E-state index < -0.39 is 0 Å². The molecule has 0 radical (unpaired) electrons. The molecule has 26 heavy (non-hydrogen) atoms. The smallest absolute Gasteiger partial charge is 0.261 e. The van der Waals surface area contributed by atoms with Crippen LogP contribution in [0.1, 0.15) is 28.8 Å². The SMILES string of the molecule is C[C@@H]1C(=O)Nc2ccc(C(=O)Cn3cnc4ccc(Br)cc4c3=O)cc21. The first kappa shape index (κ1) is 16.7. The summed E-state index contributed by atoms with van der Waals surface area (Å²) in [7, 11) is 0. The molecule has 0 saturated carbocycles. The van der Waals surface area contributed by atoms with E-state index in [1.54, 1.807) is 37.3 Å². The van der Waals surface area contributed by atoms with Crippen LogP contribution in [0.15, 0.2) is 52.0 Å². The number of hydrogen-bond acceptors (Lipinski definition) is 4. The van der Waals surface area contributed by atoms with Gasteiger partial charge in [-0.1, -0.05) is 15.9 Å².